The number of rotatable bonds is 3. The molecule has 2 heterocycles. The molecule has 0 spiro atoms. The topological polar surface area (TPSA) is 70.3 Å². The molecule has 4 saturated carbocycles. The van der Waals surface area contributed by atoms with Crippen molar-refractivity contribution in [3.63, 3.8) is 0 Å². The van der Waals surface area contributed by atoms with Crippen LogP contribution in [0.5, 0.6) is 0 Å². The van der Waals surface area contributed by atoms with E-state index in [-0.39, 0.29) is 0 Å². The Balaban J connectivity index is 1.34. The quantitative estimate of drug-likeness (QED) is 0.876. The van der Waals surface area contributed by atoms with Gasteiger partial charge in [0.2, 0.25) is 5.95 Å². The minimum atomic E-state index is 0.391. The maximum absolute atomic E-state index is 6.04. The Morgan fingerprint density at radius 3 is 2.24 bits per heavy atom. The molecule has 6 heteroatoms. The Hall–Kier alpha value is -1.56. The zero-order valence-corrected chi connectivity index (χ0v) is 15.2. The Kier molecular flexibility index (Phi) is 3.77. The molecule has 5 aliphatic rings. The van der Waals surface area contributed by atoms with Gasteiger partial charge in [-0.25, -0.2) is 0 Å². The second-order valence-electron chi connectivity index (χ2n) is 8.86. The van der Waals surface area contributed by atoms with E-state index < -0.39 is 0 Å². The first kappa shape index (κ1) is 15.7. The lowest BCUT2D eigenvalue weighted by Crippen LogP contribution is -2.51. The number of piperazine rings is 1. The van der Waals surface area contributed by atoms with Crippen molar-refractivity contribution in [3.8, 4) is 0 Å². The number of nitrogens with one attached hydrogen (secondary N) is 1. The van der Waals surface area contributed by atoms with Gasteiger partial charge in [0, 0.05) is 38.3 Å². The van der Waals surface area contributed by atoms with Crippen molar-refractivity contribution >= 4 is 17.6 Å². The van der Waals surface area contributed by atoms with Crippen LogP contribution in [0.4, 0.5) is 17.6 Å². The van der Waals surface area contributed by atoms with Crippen molar-refractivity contribution in [2.75, 3.05) is 49.2 Å². The summed E-state index contributed by atoms with van der Waals surface area (Å²) in [6, 6.07) is 2.70. The van der Waals surface area contributed by atoms with Crippen LogP contribution in [0.15, 0.2) is 6.07 Å². The summed E-state index contributed by atoms with van der Waals surface area (Å²) in [4.78, 5) is 13.7. The molecular formula is C19H30N6. The molecule has 0 radical (unpaired) electrons. The SMILES string of the molecule is CN1CCN(c2cc(NC3C4CC5CC(C4)CC3C5)nc(N)n2)CC1. The molecule has 1 saturated heterocycles. The van der Waals surface area contributed by atoms with Gasteiger partial charge in [0.05, 0.1) is 0 Å². The molecule has 1 aliphatic heterocycles. The number of hydrogen-bond donors (Lipinski definition) is 2. The van der Waals surface area contributed by atoms with Gasteiger partial charge in [0.1, 0.15) is 11.6 Å². The molecule has 1 aromatic heterocycles. The highest BCUT2D eigenvalue weighted by atomic mass is 15.3. The van der Waals surface area contributed by atoms with Gasteiger partial charge in [-0.05, 0) is 62.8 Å². The molecule has 0 amide bonds. The molecule has 0 aromatic carbocycles. The monoisotopic (exact) mass is 342 g/mol. The average Bonchev–Trinajstić information content (AvgIpc) is 2.58. The third kappa shape index (κ3) is 2.94. The first-order valence-corrected chi connectivity index (χ1v) is 9.98. The Morgan fingerprint density at radius 1 is 0.960 bits per heavy atom. The normalized spacial score (nSPS) is 37.5. The first-order chi connectivity index (χ1) is 12.1. The molecule has 1 aromatic rings. The van der Waals surface area contributed by atoms with Gasteiger partial charge in [-0.2, -0.15) is 9.97 Å². The Morgan fingerprint density at radius 2 is 1.60 bits per heavy atom. The summed E-state index contributed by atoms with van der Waals surface area (Å²) in [5.74, 6) is 5.96. The van der Waals surface area contributed by atoms with Gasteiger partial charge in [0.25, 0.3) is 0 Å². The zero-order valence-electron chi connectivity index (χ0n) is 15.2. The summed E-state index contributed by atoms with van der Waals surface area (Å²) in [5.41, 5.74) is 6.04. The second kappa shape index (κ2) is 6.01. The molecule has 0 unspecified atom stereocenters. The lowest BCUT2D eigenvalue weighted by molar-refractivity contribution is 0.00742. The van der Waals surface area contributed by atoms with Gasteiger partial charge in [-0.1, -0.05) is 0 Å². The molecule has 25 heavy (non-hydrogen) atoms. The highest BCUT2D eigenvalue weighted by molar-refractivity contribution is 5.53. The molecular weight excluding hydrogens is 312 g/mol. The van der Waals surface area contributed by atoms with Crippen LogP contribution in [0, 0.1) is 23.7 Å². The van der Waals surface area contributed by atoms with Crippen LogP contribution in [-0.4, -0.2) is 54.1 Å². The highest BCUT2D eigenvalue weighted by Gasteiger charge is 2.48. The van der Waals surface area contributed by atoms with Gasteiger partial charge < -0.3 is 20.9 Å². The van der Waals surface area contributed by atoms with E-state index in [0.717, 1.165) is 61.5 Å². The minimum absolute atomic E-state index is 0.391. The van der Waals surface area contributed by atoms with Crippen LogP contribution in [-0.2, 0) is 0 Å². The second-order valence-corrected chi connectivity index (χ2v) is 8.86. The Labute approximate surface area is 150 Å². The van der Waals surface area contributed by atoms with Crippen molar-refractivity contribution in [2.45, 2.75) is 38.1 Å². The third-order valence-corrected chi connectivity index (χ3v) is 7.10. The third-order valence-electron chi connectivity index (χ3n) is 7.10. The van der Waals surface area contributed by atoms with Crippen LogP contribution in [0.3, 0.4) is 0 Å². The summed E-state index contributed by atoms with van der Waals surface area (Å²) in [6.45, 7) is 4.15. The maximum Gasteiger partial charge on any atom is 0.223 e. The van der Waals surface area contributed by atoms with Crippen LogP contribution in [0.1, 0.15) is 32.1 Å². The van der Waals surface area contributed by atoms with Crippen LogP contribution in [0.25, 0.3) is 0 Å². The number of nitrogen functional groups attached to an aromatic ring is 1. The fraction of sp³-hybridized carbons (Fsp3) is 0.789. The first-order valence-electron chi connectivity index (χ1n) is 9.98. The molecule has 4 bridgehead atoms. The summed E-state index contributed by atoms with van der Waals surface area (Å²) in [7, 11) is 2.17. The van der Waals surface area contributed by atoms with Gasteiger partial charge in [-0.15, -0.1) is 0 Å². The van der Waals surface area contributed by atoms with E-state index in [4.69, 9.17) is 5.73 Å². The zero-order chi connectivity index (χ0) is 17.0. The fourth-order valence-corrected chi connectivity index (χ4v) is 6.06. The molecule has 6 nitrogen and oxygen atoms in total. The summed E-state index contributed by atoms with van der Waals surface area (Å²) in [5, 5.41) is 3.78. The van der Waals surface area contributed by atoms with Crippen molar-refractivity contribution in [1.29, 1.82) is 0 Å². The number of anilines is 3. The van der Waals surface area contributed by atoms with Crippen LogP contribution in [0.2, 0.25) is 0 Å². The van der Waals surface area contributed by atoms with Crippen LogP contribution < -0.4 is 16.0 Å². The lowest BCUT2D eigenvalue weighted by atomic mass is 9.54. The highest BCUT2D eigenvalue weighted by Crippen LogP contribution is 2.54. The van der Waals surface area contributed by atoms with E-state index in [1.54, 1.807) is 0 Å². The minimum Gasteiger partial charge on any atom is -0.368 e. The molecule has 3 N–H and O–H groups in total. The van der Waals surface area contributed by atoms with Gasteiger partial charge >= 0.3 is 0 Å². The van der Waals surface area contributed by atoms with E-state index >= 15 is 0 Å². The molecule has 0 atom stereocenters. The van der Waals surface area contributed by atoms with E-state index in [1.165, 1.54) is 32.1 Å². The van der Waals surface area contributed by atoms with E-state index in [2.05, 4.69) is 38.2 Å². The molecule has 136 valence electrons. The summed E-state index contributed by atoms with van der Waals surface area (Å²) >= 11 is 0. The fourth-order valence-electron chi connectivity index (χ4n) is 6.06. The van der Waals surface area contributed by atoms with Gasteiger partial charge in [0.15, 0.2) is 0 Å². The molecule has 4 aliphatic carbocycles. The van der Waals surface area contributed by atoms with Crippen molar-refractivity contribution in [2.24, 2.45) is 23.7 Å². The summed E-state index contributed by atoms with van der Waals surface area (Å²) in [6.07, 6.45) is 7.15. The van der Waals surface area contributed by atoms with Crippen LogP contribution >= 0.6 is 0 Å². The van der Waals surface area contributed by atoms with Crippen molar-refractivity contribution in [3.05, 3.63) is 6.07 Å². The Bertz CT molecular complexity index is 611. The molecule has 6 rings (SSSR count). The summed E-state index contributed by atoms with van der Waals surface area (Å²) < 4.78 is 0. The molecule has 5 fully saturated rings. The number of nitrogens with zero attached hydrogens (tertiary/aromatic N) is 4. The number of nitrogens with two attached hydrogens (primary N) is 1. The number of aromatic nitrogens is 2. The maximum atomic E-state index is 6.04. The predicted octanol–water partition coefficient (Wildman–Crippen LogP) is 2.05. The number of hydrogen-bond acceptors (Lipinski definition) is 6. The van der Waals surface area contributed by atoms with E-state index in [0.29, 0.717) is 12.0 Å². The predicted molar refractivity (Wildman–Crippen MR) is 101 cm³/mol. The lowest BCUT2D eigenvalue weighted by Gasteiger charge is -2.54. The standard InChI is InChI=1S/C19H30N6/c1-24-2-4-25(5-3-24)17-11-16(22-19(20)23-17)21-18-14-7-12-6-13(9-14)10-15(18)8-12/h11-15,18H,2-10H2,1H3,(H3,20,21,22,23). The van der Waals surface area contributed by atoms with Crippen molar-refractivity contribution in [1.82, 2.24) is 14.9 Å². The average molecular weight is 342 g/mol. The smallest absolute Gasteiger partial charge is 0.223 e. The van der Waals surface area contributed by atoms with E-state index in [9.17, 15) is 0 Å². The van der Waals surface area contributed by atoms with Crippen molar-refractivity contribution < 1.29 is 0 Å². The van der Waals surface area contributed by atoms with E-state index in [1.807, 2.05) is 0 Å². The van der Waals surface area contributed by atoms with Gasteiger partial charge in [-0.3, -0.25) is 0 Å². The number of likely N-dealkylation sites (N-methyl/N-ethyl adjacent to an activating group) is 1. The largest absolute Gasteiger partial charge is 0.368 e.